The van der Waals surface area contributed by atoms with Crippen molar-refractivity contribution in [2.24, 2.45) is 0 Å². The number of alkyl halides is 3. The molecule has 0 unspecified atom stereocenters. The van der Waals surface area contributed by atoms with Gasteiger partial charge >= 0.3 is 6.18 Å². The number of anilines is 1. The SMILES string of the molecule is Cc1cc(NC(=O)CCn2nc(C(F)(F)F)cc2C2CC2)nn1Cc1ccccc1F. The molecule has 2 aromatic heterocycles. The number of hydrogen-bond acceptors (Lipinski definition) is 3. The largest absolute Gasteiger partial charge is 0.435 e. The summed E-state index contributed by atoms with van der Waals surface area (Å²) in [4.78, 5) is 12.3. The molecule has 1 aliphatic rings. The first-order valence-electron chi connectivity index (χ1n) is 9.93. The fraction of sp³-hybridized carbons (Fsp3) is 0.381. The lowest BCUT2D eigenvalue weighted by Crippen LogP contribution is -2.17. The lowest BCUT2D eigenvalue weighted by atomic mass is 10.2. The van der Waals surface area contributed by atoms with Gasteiger partial charge in [0.1, 0.15) is 5.82 Å². The number of nitrogens with zero attached hydrogens (tertiary/aromatic N) is 4. The van der Waals surface area contributed by atoms with Crippen LogP contribution in [0.15, 0.2) is 36.4 Å². The average molecular weight is 435 g/mol. The van der Waals surface area contributed by atoms with Gasteiger partial charge in [-0.2, -0.15) is 23.4 Å². The Morgan fingerprint density at radius 2 is 1.90 bits per heavy atom. The second kappa shape index (κ2) is 8.16. The monoisotopic (exact) mass is 435 g/mol. The van der Waals surface area contributed by atoms with E-state index in [9.17, 15) is 22.4 Å². The Kier molecular flexibility index (Phi) is 5.55. The maximum absolute atomic E-state index is 13.9. The van der Waals surface area contributed by atoms with Gasteiger partial charge in [-0.25, -0.2) is 4.39 Å². The van der Waals surface area contributed by atoms with Gasteiger partial charge in [-0.15, -0.1) is 0 Å². The molecular formula is C21H21F4N5O. The van der Waals surface area contributed by atoms with Crippen LogP contribution in [0, 0.1) is 12.7 Å². The highest BCUT2D eigenvalue weighted by atomic mass is 19.4. The Hall–Kier alpha value is -3.17. The van der Waals surface area contributed by atoms with Crippen molar-refractivity contribution in [2.75, 3.05) is 5.32 Å². The molecule has 1 aromatic carbocycles. The number of nitrogens with one attached hydrogen (secondary N) is 1. The van der Waals surface area contributed by atoms with E-state index in [0.717, 1.165) is 24.6 Å². The maximum atomic E-state index is 13.9. The lowest BCUT2D eigenvalue weighted by molar-refractivity contribution is -0.141. The minimum atomic E-state index is -4.51. The highest BCUT2D eigenvalue weighted by Gasteiger charge is 2.37. The first-order chi connectivity index (χ1) is 14.7. The number of aryl methyl sites for hydroxylation is 2. The van der Waals surface area contributed by atoms with Gasteiger partial charge < -0.3 is 5.32 Å². The zero-order valence-corrected chi connectivity index (χ0v) is 16.8. The van der Waals surface area contributed by atoms with Crippen molar-refractivity contribution in [1.82, 2.24) is 19.6 Å². The van der Waals surface area contributed by atoms with Crippen molar-refractivity contribution in [3.05, 3.63) is 64.9 Å². The van der Waals surface area contributed by atoms with Crippen LogP contribution in [0.25, 0.3) is 0 Å². The molecular weight excluding hydrogens is 414 g/mol. The number of benzene rings is 1. The van der Waals surface area contributed by atoms with Crippen LogP contribution in [-0.2, 0) is 24.1 Å². The molecule has 2 heterocycles. The third kappa shape index (κ3) is 4.95. The second-order valence-electron chi connectivity index (χ2n) is 7.67. The first-order valence-corrected chi connectivity index (χ1v) is 9.93. The van der Waals surface area contributed by atoms with E-state index in [1.54, 1.807) is 35.9 Å². The fourth-order valence-corrected chi connectivity index (χ4v) is 3.39. The third-order valence-corrected chi connectivity index (χ3v) is 5.17. The van der Waals surface area contributed by atoms with Gasteiger partial charge in [0, 0.05) is 41.9 Å². The first kappa shape index (κ1) is 21.1. The summed E-state index contributed by atoms with van der Waals surface area (Å²) < 4.78 is 55.7. The molecule has 0 radical (unpaired) electrons. The fourth-order valence-electron chi connectivity index (χ4n) is 3.39. The van der Waals surface area contributed by atoms with Crippen LogP contribution in [0.3, 0.4) is 0 Å². The third-order valence-electron chi connectivity index (χ3n) is 5.17. The van der Waals surface area contributed by atoms with Crippen LogP contribution < -0.4 is 5.32 Å². The van der Waals surface area contributed by atoms with Gasteiger partial charge in [-0.1, -0.05) is 18.2 Å². The summed E-state index contributed by atoms with van der Waals surface area (Å²) in [6, 6.07) is 9.09. The van der Waals surface area contributed by atoms with E-state index in [1.165, 1.54) is 10.7 Å². The summed E-state index contributed by atoms with van der Waals surface area (Å²) in [6.45, 7) is 2.04. The highest BCUT2D eigenvalue weighted by Crippen LogP contribution is 2.42. The second-order valence-corrected chi connectivity index (χ2v) is 7.67. The van der Waals surface area contributed by atoms with Crippen molar-refractivity contribution in [2.45, 2.75) is 51.4 Å². The lowest BCUT2D eigenvalue weighted by Gasteiger charge is -2.07. The smallest absolute Gasteiger partial charge is 0.309 e. The van der Waals surface area contributed by atoms with Crippen molar-refractivity contribution < 1.29 is 22.4 Å². The molecule has 10 heteroatoms. The van der Waals surface area contributed by atoms with Crippen molar-refractivity contribution in [3.8, 4) is 0 Å². The average Bonchev–Trinajstić information content (AvgIpc) is 3.35. The predicted molar refractivity (Wildman–Crippen MR) is 105 cm³/mol. The van der Waals surface area contributed by atoms with E-state index in [0.29, 0.717) is 17.1 Å². The molecule has 31 heavy (non-hydrogen) atoms. The molecule has 1 fully saturated rings. The summed E-state index contributed by atoms with van der Waals surface area (Å²) in [6.07, 6.45) is -2.90. The number of carbonyl (C=O) groups excluding carboxylic acids is 1. The van der Waals surface area contributed by atoms with E-state index in [4.69, 9.17) is 0 Å². The summed E-state index contributed by atoms with van der Waals surface area (Å²) in [7, 11) is 0. The minimum absolute atomic E-state index is 0.0437. The van der Waals surface area contributed by atoms with E-state index in [-0.39, 0.29) is 37.2 Å². The zero-order valence-electron chi connectivity index (χ0n) is 16.8. The molecule has 164 valence electrons. The Labute approximate surface area is 175 Å². The standard InChI is InChI=1S/C21H21F4N5O/c1-13-10-19(28-30(13)12-15-4-2-3-5-16(15)22)26-20(31)8-9-29-17(14-6-7-14)11-18(27-29)21(23,24)25/h2-5,10-11,14H,6-9,12H2,1H3,(H,26,28,31). The molecule has 1 aliphatic carbocycles. The summed E-state index contributed by atoms with van der Waals surface area (Å²) in [5.74, 6) is -0.352. The highest BCUT2D eigenvalue weighted by molar-refractivity contribution is 5.89. The van der Waals surface area contributed by atoms with E-state index in [1.807, 2.05) is 0 Å². The van der Waals surface area contributed by atoms with Crippen LogP contribution in [0.2, 0.25) is 0 Å². The predicted octanol–water partition coefficient (Wildman–Crippen LogP) is 4.50. The van der Waals surface area contributed by atoms with Gasteiger partial charge in [-0.05, 0) is 31.9 Å². The quantitative estimate of drug-likeness (QED) is 0.556. The molecule has 4 rings (SSSR count). The van der Waals surface area contributed by atoms with Gasteiger partial charge in [0.05, 0.1) is 6.54 Å². The molecule has 1 N–H and O–H groups in total. The number of amides is 1. The van der Waals surface area contributed by atoms with Gasteiger partial charge in [0.25, 0.3) is 0 Å². The van der Waals surface area contributed by atoms with Gasteiger partial charge in [-0.3, -0.25) is 14.2 Å². The molecule has 1 saturated carbocycles. The minimum Gasteiger partial charge on any atom is -0.309 e. The molecule has 3 aromatic rings. The Morgan fingerprint density at radius 3 is 2.58 bits per heavy atom. The number of aromatic nitrogens is 4. The van der Waals surface area contributed by atoms with Gasteiger partial charge in [0.2, 0.25) is 5.91 Å². The summed E-state index contributed by atoms with van der Waals surface area (Å²) in [5.41, 5.74) is 0.789. The molecule has 6 nitrogen and oxygen atoms in total. The molecule has 1 amide bonds. The number of carbonyl (C=O) groups is 1. The van der Waals surface area contributed by atoms with Crippen molar-refractivity contribution in [1.29, 1.82) is 0 Å². The van der Waals surface area contributed by atoms with Gasteiger partial charge in [0.15, 0.2) is 11.5 Å². The van der Waals surface area contributed by atoms with Crippen molar-refractivity contribution in [3.63, 3.8) is 0 Å². The zero-order chi connectivity index (χ0) is 22.2. The topological polar surface area (TPSA) is 64.7 Å². The van der Waals surface area contributed by atoms with Crippen LogP contribution in [0.4, 0.5) is 23.4 Å². The van der Waals surface area contributed by atoms with E-state index in [2.05, 4.69) is 15.5 Å². The van der Waals surface area contributed by atoms with Crippen LogP contribution in [0.5, 0.6) is 0 Å². The van der Waals surface area contributed by atoms with E-state index >= 15 is 0 Å². The molecule has 0 saturated heterocycles. The number of hydrogen-bond donors (Lipinski definition) is 1. The maximum Gasteiger partial charge on any atom is 0.435 e. The normalized spacial score (nSPS) is 14.1. The van der Waals surface area contributed by atoms with Crippen molar-refractivity contribution >= 4 is 11.7 Å². The molecule has 0 atom stereocenters. The number of halogens is 4. The Bertz CT molecular complexity index is 1100. The van der Waals surface area contributed by atoms with Crippen LogP contribution >= 0.6 is 0 Å². The summed E-state index contributed by atoms with van der Waals surface area (Å²) >= 11 is 0. The summed E-state index contributed by atoms with van der Waals surface area (Å²) in [5, 5.41) is 10.6. The molecule has 0 spiro atoms. The van der Waals surface area contributed by atoms with E-state index < -0.39 is 11.9 Å². The molecule has 0 aliphatic heterocycles. The molecule has 0 bridgehead atoms. The Morgan fingerprint density at radius 1 is 1.16 bits per heavy atom. The number of rotatable bonds is 7. The van der Waals surface area contributed by atoms with Crippen LogP contribution in [0.1, 0.15) is 47.8 Å². The Balaban J connectivity index is 1.39. The van der Waals surface area contributed by atoms with Crippen LogP contribution in [-0.4, -0.2) is 25.5 Å².